The first-order valence-electron chi connectivity index (χ1n) is 7.86. The number of benzene rings is 1. The first-order valence-corrected chi connectivity index (χ1v) is 7.86. The molecule has 1 aromatic carbocycles. The van der Waals surface area contributed by atoms with E-state index in [1.54, 1.807) is 0 Å². The van der Waals surface area contributed by atoms with E-state index in [-0.39, 0.29) is 42.8 Å². The van der Waals surface area contributed by atoms with Crippen LogP contribution in [0.5, 0.6) is 5.75 Å². The van der Waals surface area contributed by atoms with Crippen LogP contribution in [0.1, 0.15) is 12.0 Å². The number of carbonyl (C=O) groups excluding carboxylic acids is 1. The number of halogens is 4. The van der Waals surface area contributed by atoms with Crippen LogP contribution in [0.2, 0.25) is 0 Å². The van der Waals surface area contributed by atoms with Crippen molar-refractivity contribution in [3.8, 4) is 5.75 Å². The van der Waals surface area contributed by atoms with Gasteiger partial charge in [0.1, 0.15) is 17.1 Å². The average molecular weight is 375 g/mol. The molecule has 1 aromatic rings. The standard InChI is InChI=1S/C16H17F4N3O3/c1-23-13(24)10-4-5-25-7-15(10,22-14(23)21)11-6-9(2-3-12(11)17)26-8-16(18,19)20/h2-3,6,10H,4-5,7-8H2,1H3,(H2,21,22)/t10?,15-/m0/s1. The number of ether oxygens (including phenoxy) is 2. The molecule has 2 saturated heterocycles. The number of hydrogen-bond donors (Lipinski definition) is 2. The molecule has 2 fully saturated rings. The zero-order valence-electron chi connectivity index (χ0n) is 13.8. The summed E-state index contributed by atoms with van der Waals surface area (Å²) in [5.41, 5.74) is -1.44. The molecule has 0 saturated carbocycles. The van der Waals surface area contributed by atoms with E-state index in [2.05, 4.69) is 5.32 Å². The number of amides is 1. The molecule has 142 valence electrons. The van der Waals surface area contributed by atoms with Gasteiger partial charge in [-0.2, -0.15) is 13.2 Å². The fourth-order valence-electron chi connectivity index (χ4n) is 3.31. The average Bonchev–Trinajstić information content (AvgIpc) is 2.58. The van der Waals surface area contributed by atoms with Gasteiger partial charge in [-0.15, -0.1) is 0 Å². The molecule has 2 aliphatic rings. The highest BCUT2D eigenvalue weighted by Crippen LogP contribution is 2.41. The quantitative estimate of drug-likeness (QED) is 0.793. The molecule has 1 amide bonds. The van der Waals surface area contributed by atoms with E-state index in [9.17, 15) is 22.4 Å². The summed E-state index contributed by atoms with van der Waals surface area (Å²) in [7, 11) is 1.43. The van der Waals surface area contributed by atoms with Crippen molar-refractivity contribution in [3.05, 3.63) is 29.6 Å². The summed E-state index contributed by atoms with van der Waals surface area (Å²) in [6.45, 7) is -1.33. The van der Waals surface area contributed by atoms with E-state index in [1.165, 1.54) is 7.05 Å². The molecule has 2 aliphatic heterocycles. The van der Waals surface area contributed by atoms with Gasteiger partial charge in [0.2, 0.25) is 5.91 Å². The second-order valence-corrected chi connectivity index (χ2v) is 6.28. The van der Waals surface area contributed by atoms with Crippen molar-refractivity contribution in [2.75, 3.05) is 26.9 Å². The van der Waals surface area contributed by atoms with Crippen molar-refractivity contribution in [1.29, 1.82) is 5.41 Å². The number of alkyl halides is 3. The van der Waals surface area contributed by atoms with Crippen molar-refractivity contribution in [2.45, 2.75) is 18.1 Å². The molecule has 0 aromatic heterocycles. The number of rotatable bonds is 3. The van der Waals surface area contributed by atoms with Crippen LogP contribution in [0.3, 0.4) is 0 Å². The summed E-state index contributed by atoms with van der Waals surface area (Å²) in [6, 6.07) is 3.19. The van der Waals surface area contributed by atoms with E-state index >= 15 is 0 Å². The highest BCUT2D eigenvalue weighted by molar-refractivity contribution is 6.00. The molecule has 0 radical (unpaired) electrons. The summed E-state index contributed by atoms with van der Waals surface area (Å²) < 4.78 is 61.8. The minimum atomic E-state index is -4.53. The topological polar surface area (TPSA) is 74.7 Å². The lowest BCUT2D eigenvalue weighted by Crippen LogP contribution is -2.68. The molecule has 0 bridgehead atoms. The lowest BCUT2D eigenvalue weighted by molar-refractivity contribution is -0.153. The maximum absolute atomic E-state index is 14.6. The molecule has 26 heavy (non-hydrogen) atoms. The van der Waals surface area contributed by atoms with Gasteiger partial charge in [0, 0.05) is 19.2 Å². The van der Waals surface area contributed by atoms with E-state index < -0.39 is 30.1 Å². The van der Waals surface area contributed by atoms with Gasteiger partial charge >= 0.3 is 6.18 Å². The van der Waals surface area contributed by atoms with E-state index in [1.807, 2.05) is 0 Å². The Labute approximate surface area is 146 Å². The lowest BCUT2D eigenvalue weighted by Gasteiger charge is -2.49. The summed E-state index contributed by atoms with van der Waals surface area (Å²) in [5.74, 6) is -2.24. The van der Waals surface area contributed by atoms with Crippen molar-refractivity contribution in [1.82, 2.24) is 10.2 Å². The molecular weight excluding hydrogens is 358 g/mol. The maximum Gasteiger partial charge on any atom is 0.422 e. The third kappa shape index (κ3) is 3.20. The van der Waals surface area contributed by atoms with Gasteiger partial charge in [0.25, 0.3) is 0 Å². The molecule has 2 atom stereocenters. The summed E-state index contributed by atoms with van der Waals surface area (Å²) in [6.07, 6.45) is -4.25. The molecule has 6 nitrogen and oxygen atoms in total. The number of carbonyl (C=O) groups is 1. The lowest BCUT2D eigenvalue weighted by atomic mass is 9.73. The second kappa shape index (κ2) is 6.42. The summed E-state index contributed by atoms with van der Waals surface area (Å²) in [4.78, 5) is 13.7. The zero-order valence-corrected chi connectivity index (χ0v) is 13.8. The van der Waals surface area contributed by atoms with Gasteiger partial charge in [-0.3, -0.25) is 15.1 Å². The SMILES string of the molecule is CN1C(=N)N[C@@]2(c3cc(OCC(F)(F)F)ccc3F)COCCC2C1=O. The van der Waals surface area contributed by atoms with Crippen molar-refractivity contribution >= 4 is 11.9 Å². The van der Waals surface area contributed by atoms with Crippen molar-refractivity contribution in [2.24, 2.45) is 5.92 Å². The van der Waals surface area contributed by atoms with Gasteiger partial charge in [-0.1, -0.05) is 0 Å². The van der Waals surface area contributed by atoms with Crippen LogP contribution in [0.15, 0.2) is 18.2 Å². The van der Waals surface area contributed by atoms with E-state index in [0.29, 0.717) is 0 Å². The Morgan fingerprint density at radius 2 is 2.19 bits per heavy atom. The van der Waals surface area contributed by atoms with Gasteiger partial charge in [0.05, 0.1) is 12.5 Å². The van der Waals surface area contributed by atoms with E-state index in [4.69, 9.17) is 14.9 Å². The smallest absolute Gasteiger partial charge is 0.422 e. The predicted molar refractivity (Wildman–Crippen MR) is 82.2 cm³/mol. The van der Waals surface area contributed by atoms with Crippen LogP contribution in [0.4, 0.5) is 17.6 Å². The first kappa shape index (κ1) is 18.4. The van der Waals surface area contributed by atoms with Gasteiger partial charge in [-0.25, -0.2) is 4.39 Å². The molecule has 10 heteroatoms. The third-order valence-electron chi connectivity index (χ3n) is 4.60. The Morgan fingerprint density at radius 1 is 1.46 bits per heavy atom. The molecule has 2 N–H and O–H groups in total. The Kier molecular flexibility index (Phi) is 4.55. The van der Waals surface area contributed by atoms with Crippen LogP contribution in [0.25, 0.3) is 0 Å². The Hall–Kier alpha value is -2.36. The van der Waals surface area contributed by atoms with E-state index in [0.717, 1.165) is 23.1 Å². The number of nitrogens with zero attached hydrogens (tertiary/aromatic N) is 1. The van der Waals surface area contributed by atoms with Crippen LogP contribution in [-0.4, -0.2) is 49.8 Å². The molecule has 0 aliphatic carbocycles. The predicted octanol–water partition coefficient (Wildman–Crippen LogP) is 1.99. The molecule has 0 spiro atoms. The monoisotopic (exact) mass is 375 g/mol. The maximum atomic E-state index is 14.6. The Morgan fingerprint density at radius 3 is 2.88 bits per heavy atom. The van der Waals surface area contributed by atoms with Crippen molar-refractivity contribution in [3.63, 3.8) is 0 Å². The fourth-order valence-corrected chi connectivity index (χ4v) is 3.31. The van der Waals surface area contributed by atoms with Crippen LogP contribution >= 0.6 is 0 Å². The first-order chi connectivity index (χ1) is 12.1. The molecule has 3 rings (SSSR count). The van der Waals surface area contributed by atoms with Gasteiger partial charge < -0.3 is 14.8 Å². The van der Waals surface area contributed by atoms with Crippen LogP contribution in [0, 0.1) is 17.1 Å². The van der Waals surface area contributed by atoms with Crippen LogP contribution in [-0.2, 0) is 15.1 Å². The number of hydrogen-bond acceptors (Lipinski definition) is 4. The fraction of sp³-hybridized carbons (Fsp3) is 0.500. The van der Waals surface area contributed by atoms with Crippen molar-refractivity contribution < 1.29 is 31.8 Å². The normalized spacial score (nSPS) is 26.3. The largest absolute Gasteiger partial charge is 0.484 e. The zero-order chi connectivity index (χ0) is 19.1. The Balaban J connectivity index is 2.01. The highest BCUT2D eigenvalue weighted by atomic mass is 19.4. The number of guanidine groups is 1. The second-order valence-electron chi connectivity index (χ2n) is 6.28. The summed E-state index contributed by atoms with van der Waals surface area (Å²) in [5, 5.41) is 10.8. The Bertz CT molecular complexity index is 740. The molecule has 2 heterocycles. The minimum absolute atomic E-state index is 0.0620. The van der Waals surface area contributed by atoms with Crippen LogP contribution < -0.4 is 10.1 Å². The third-order valence-corrected chi connectivity index (χ3v) is 4.60. The summed E-state index contributed by atoms with van der Waals surface area (Å²) >= 11 is 0. The number of nitrogens with one attached hydrogen (secondary N) is 2. The minimum Gasteiger partial charge on any atom is -0.484 e. The molecular formula is C16H17F4N3O3. The van der Waals surface area contributed by atoms with Gasteiger partial charge in [0.15, 0.2) is 12.6 Å². The number of fused-ring (bicyclic) bond motifs is 1. The highest BCUT2D eigenvalue weighted by Gasteiger charge is 2.53. The molecule has 1 unspecified atom stereocenters. The van der Waals surface area contributed by atoms with Gasteiger partial charge in [-0.05, 0) is 24.6 Å².